The predicted octanol–water partition coefficient (Wildman–Crippen LogP) is 2.25. The lowest BCUT2D eigenvalue weighted by atomic mass is 10.2. The molecule has 1 aliphatic rings. The second kappa shape index (κ2) is 10.9. The third kappa shape index (κ3) is 7.40. The van der Waals surface area contributed by atoms with Crippen LogP contribution in [-0.4, -0.2) is 92.3 Å². The van der Waals surface area contributed by atoms with Crippen molar-refractivity contribution in [3.63, 3.8) is 0 Å². The average Bonchev–Trinajstić information content (AvgIpc) is 2.60. The molecule has 1 aliphatic heterocycles. The Labute approximate surface area is 150 Å². The SMILES string of the molecule is CCN(CC)CCCCNC(=NC)N1CCN(C(C)C(F)(F)F)CC1. The molecule has 0 amide bonds. The molecule has 0 spiro atoms. The van der Waals surface area contributed by atoms with Crippen LogP contribution in [0.2, 0.25) is 0 Å². The number of piperazine rings is 1. The zero-order valence-corrected chi connectivity index (χ0v) is 16.1. The van der Waals surface area contributed by atoms with Gasteiger partial charge in [-0.25, -0.2) is 0 Å². The molecule has 1 heterocycles. The fourth-order valence-electron chi connectivity index (χ4n) is 3.06. The number of aliphatic imine (C=N–C) groups is 1. The van der Waals surface area contributed by atoms with Gasteiger partial charge < -0.3 is 15.1 Å². The number of hydrogen-bond acceptors (Lipinski definition) is 3. The summed E-state index contributed by atoms with van der Waals surface area (Å²) in [4.78, 5) is 10.2. The monoisotopic (exact) mass is 365 g/mol. The van der Waals surface area contributed by atoms with Crippen LogP contribution in [0.1, 0.15) is 33.6 Å². The first kappa shape index (κ1) is 22.0. The van der Waals surface area contributed by atoms with Gasteiger partial charge in [-0.2, -0.15) is 13.2 Å². The largest absolute Gasteiger partial charge is 0.403 e. The molecule has 148 valence electrons. The molecule has 25 heavy (non-hydrogen) atoms. The maximum Gasteiger partial charge on any atom is 0.403 e. The van der Waals surface area contributed by atoms with Gasteiger partial charge >= 0.3 is 6.18 Å². The fourth-order valence-corrected chi connectivity index (χ4v) is 3.06. The van der Waals surface area contributed by atoms with Gasteiger partial charge in [-0.15, -0.1) is 0 Å². The van der Waals surface area contributed by atoms with Gasteiger partial charge in [0.25, 0.3) is 0 Å². The average molecular weight is 365 g/mol. The van der Waals surface area contributed by atoms with Crippen LogP contribution < -0.4 is 5.32 Å². The quantitative estimate of drug-likeness (QED) is 0.406. The summed E-state index contributed by atoms with van der Waals surface area (Å²) in [5, 5.41) is 3.34. The molecular formula is C17H34F3N5. The van der Waals surface area contributed by atoms with Crippen LogP contribution in [0.3, 0.4) is 0 Å². The summed E-state index contributed by atoms with van der Waals surface area (Å²) < 4.78 is 38.4. The number of rotatable bonds is 8. The van der Waals surface area contributed by atoms with E-state index in [0.717, 1.165) is 45.0 Å². The highest BCUT2D eigenvalue weighted by Gasteiger charge is 2.41. The maximum absolute atomic E-state index is 12.8. The lowest BCUT2D eigenvalue weighted by Crippen LogP contribution is -2.56. The predicted molar refractivity (Wildman–Crippen MR) is 97.0 cm³/mol. The molecule has 1 fully saturated rings. The third-order valence-corrected chi connectivity index (χ3v) is 4.93. The minimum Gasteiger partial charge on any atom is -0.356 e. The summed E-state index contributed by atoms with van der Waals surface area (Å²) in [5.74, 6) is 0.794. The highest BCUT2D eigenvalue weighted by atomic mass is 19.4. The van der Waals surface area contributed by atoms with Gasteiger partial charge in [0.2, 0.25) is 0 Å². The number of alkyl halides is 3. The van der Waals surface area contributed by atoms with E-state index >= 15 is 0 Å². The number of halogens is 3. The molecule has 1 atom stereocenters. The molecule has 0 saturated carbocycles. The van der Waals surface area contributed by atoms with E-state index in [1.165, 1.54) is 11.8 Å². The topological polar surface area (TPSA) is 34.1 Å². The van der Waals surface area contributed by atoms with E-state index in [9.17, 15) is 13.2 Å². The molecule has 0 bridgehead atoms. The highest BCUT2D eigenvalue weighted by Crippen LogP contribution is 2.25. The zero-order valence-electron chi connectivity index (χ0n) is 16.1. The minimum absolute atomic E-state index is 0.406. The second-order valence-electron chi connectivity index (χ2n) is 6.45. The van der Waals surface area contributed by atoms with E-state index in [4.69, 9.17) is 0 Å². The molecule has 0 aromatic heterocycles. The molecule has 0 aromatic rings. The number of guanidine groups is 1. The van der Waals surface area contributed by atoms with Crippen LogP contribution in [0.25, 0.3) is 0 Å². The molecule has 0 radical (unpaired) electrons. The van der Waals surface area contributed by atoms with Gasteiger partial charge in [-0.05, 0) is 39.4 Å². The molecule has 1 saturated heterocycles. The summed E-state index contributed by atoms with van der Waals surface area (Å²) in [6, 6.07) is -1.38. The van der Waals surface area contributed by atoms with Crippen molar-refractivity contribution in [2.24, 2.45) is 4.99 Å². The molecule has 1 unspecified atom stereocenters. The molecule has 1 N–H and O–H groups in total. The Bertz CT molecular complexity index is 388. The number of nitrogens with one attached hydrogen (secondary N) is 1. The van der Waals surface area contributed by atoms with Crippen molar-refractivity contribution in [3.05, 3.63) is 0 Å². The molecule has 0 aliphatic carbocycles. The molecule has 0 aromatic carbocycles. The van der Waals surface area contributed by atoms with Gasteiger partial charge in [0.05, 0.1) is 0 Å². The van der Waals surface area contributed by atoms with Gasteiger partial charge in [-0.1, -0.05) is 13.8 Å². The maximum atomic E-state index is 12.8. The minimum atomic E-state index is -4.16. The van der Waals surface area contributed by atoms with Crippen LogP contribution in [0, 0.1) is 0 Å². The smallest absolute Gasteiger partial charge is 0.356 e. The van der Waals surface area contributed by atoms with Crippen molar-refractivity contribution in [1.82, 2.24) is 20.0 Å². The highest BCUT2D eigenvalue weighted by molar-refractivity contribution is 5.79. The standard InChI is InChI=1S/C17H34F3N5/c1-5-23(6-2)10-8-7-9-22-16(21-4)25-13-11-24(12-14-25)15(3)17(18,19)20/h15H,5-14H2,1-4H3,(H,21,22). The third-order valence-electron chi connectivity index (χ3n) is 4.93. The van der Waals surface area contributed by atoms with E-state index in [1.807, 2.05) is 4.90 Å². The van der Waals surface area contributed by atoms with Crippen LogP contribution in [0.5, 0.6) is 0 Å². The number of hydrogen-bond donors (Lipinski definition) is 1. The van der Waals surface area contributed by atoms with Crippen LogP contribution in [-0.2, 0) is 0 Å². The summed E-state index contributed by atoms with van der Waals surface area (Å²) in [6.07, 6.45) is -1.98. The van der Waals surface area contributed by atoms with Crippen molar-refractivity contribution in [2.75, 3.05) is 59.4 Å². The van der Waals surface area contributed by atoms with Crippen molar-refractivity contribution in [2.45, 2.75) is 45.8 Å². The Kier molecular flexibility index (Phi) is 9.56. The molecule has 1 rings (SSSR count). The van der Waals surface area contributed by atoms with Crippen LogP contribution in [0.15, 0.2) is 4.99 Å². The Hall–Kier alpha value is -1.02. The summed E-state index contributed by atoms with van der Waals surface area (Å²) in [6.45, 7) is 11.6. The van der Waals surface area contributed by atoms with E-state index < -0.39 is 12.2 Å². The Morgan fingerprint density at radius 1 is 1.12 bits per heavy atom. The van der Waals surface area contributed by atoms with Crippen molar-refractivity contribution < 1.29 is 13.2 Å². The zero-order chi connectivity index (χ0) is 18.9. The van der Waals surface area contributed by atoms with E-state index in [-0.39, 0.29) is 0 Å². The molecular weight excluding hydrogens is 331 g/mol. The van der Waals surface area contributed by atoms with E-state index in [0.29, 0.717) is 26.2 Å². The van der Waals surface area contributed by atoms with Gasteiger partial charge in [0.1, 0.15) is 6.04 Å². The Balaban J connectivity index is 2.30. The van der Waals surface area contributed by atoms with Crippen molar-refractivity contribution >= 4 is 5.96 Å². The van der Waals surface area contributed by atoms with Crippen LogP contribution in [0.4, 0.5) is 13.2 Å². The fraction of sp³-hybridized carbons (Fsp3) is 0.941. The van der Waals surface area contributed by atoms with E-state index in [1.54, 1.807) is 7.05 Å². The Morgan fingerprint density at radius 3 is 2.20 bits per heavy atom. The first-order valence-electron chi connectivity index (χ1n) is 9.32. The number of unbranched alkanes of at least 4 members (excludes halogenated alkanes) is 1. The van der Waals surface area contributed by atoms with Gasteiger partial charge in [-0.3, -0.25) is 9.89 Å². The van der Waals surface area contributed by atoms with Crippen molar-refractivity contribution in [3.8, 4) is 0 Å². The van der Waals surface area contributed by atoms with Crippen molar-refractivity contribution in [1.29, 1.82) is 0 Å². The Morgan fingerprint density at radius 2 is 1.72 bits per heavy atom. The van der Waals surface area contributed by atoms with Crippen LogP contribution >= 0.6 is 0 Å². The first-order chi connectivity index (χ1) is 11.8. The summed E-state index contributed by atoms with van der Waals surface area (Å²) >= 11 is 0. The second-order valence-corrected chi connectivity index (χ2v) is 6.45. The molecule has 8 heteroatoms. The van der Waals surface area contributed by atoms with E-state index in [2.05, 4.69) is 29.1 Å². The van der Waals surface area contributed by atoms with Gasteiger partial charge in [0, 0.05) is 39.8 Å². The number of nitrogens with zero attached hydrogens (tertiary/aromatic N) is 4. The van der Waals surface area contributed by atoms with Gasteiger partial charge in [0.15, 0.2) is 5.96 Å². The molecule has 5 nitrogen and oxygen atoms in total. The lowest BCUT2D eigenvalue weighted by Gasteiger charge is -2.39. The summed E-state index contributed by atoms with van der Waals surface area (Å²) in [5.41, 5.74) is 0. The first-order valence-corrected chi connectivity index (χ1v) is 9.32. The normalized spacial score (nSPS) is 18.7. The lowest BCUT2D eigenvalue weighted by molar-refractivity contribution is -0.181. The summed E-state index contributed by atoms with van der Waals surface area (Å²) in [7, 11) is 1.73.